The van der Waals surface area contributed by atoms with Crippen LogP contribution in [0.1, 0.15) is 15.4 Å². The first-order chi connectivity index (χ1) is 9.63. The molecule has 1 aromatic heterocycles. The number of nitrogens with zero attached hydrogens (tertiary/aromatic N) is 1. The molecule has 1 heterocycles. The van der Waals surface area contributed by atoms with Gasteiger partial charge in [0.05, 0.1) is 20.2 Å². The molecule has 0 radical (unpaired) electrons. The Morgan fingerprint density at radius 3 is 2.75 bits per heavy atom. The summed E-state index contributed by atoms with van der Waals surface area (Å²) in [5.74, 6) is 0. The SMILES string of the molecule is Clc1ccc(C(Br)Cc2nc3ccccc3s2)cc1Br. The summed E-state index contributed by atoms with van der Waals surface area (Å²) in [6, 6.07) is 14.2. The third-order valence-corrected chi connectivity index (χ3v) is 6.12. The molecule has 2 aromatic carbocycles. The van der Waals surface area contributed by atoms with Crippen molar-refractivity contribution in [3.05, 3.63) is 62.5 Å². The number of hydrogen-bond donors (Lipinski definition) is 0. The molecular weight excluding hydrogens is 422 g/mol. The summed E-state index contributed by atoms with van der Waals surface area (Å²) in [5.41, 5.74) is 2.27. The molecule has 102 valence electrons. The summed E-state index contributed by atoms with van der Waals surface area (Å²) < 4.78 is 2.16. The highest BCUT2D eigenvalue weighted by Gasteiger charge is 2.13. The van der Waals surface area contributed by atoms with E-state index in [1.807, 2.05) is 24.3 Å². The van der Waals surface area contributed by atoms with Gasteiger partial charge >= 0.3 is 0 Å². The van der Waals surface area contributed by atoms with Crippen molar-refractivity contribution in [3.8, 4) is 0 Å². The van der Waals surface area contributed by atoms with Crippen molar-refractivity contribution in [3.63, 3.8) is 0 Å². The van der Waals surface area contributed by atoms with Crippen LogP contribution in [0.5, 0.6) is 0 Å². The molecule has 3 aromatic rings. The number of thiazole rings is 1. The van der Waals surface area contributed by atoms with E-state index in [9.17, 15) is 0 Å². The lowest BCUT2D eigenvalue weighted by Crippen LogP contribution is -1.95. The highest BCUT2D eigenvalue weighted by Crippen LogP contribution is 2.33. The summed E-state index contributed by atoms with van der Waals surface area (Å²) in [6.45, 7) is 0. The van der Waals surface area contributed by atoms with Crippen molar-refractivity contribution in [2.24, 2.45) is 0 Å². The van der Waals surface area contributed by atoms with Crippen LogP contribution < -0.4 is 0 Å². The number of rotatable bonds is 3. The van der Waals surface area contributed by atoms with Gasteiger partial charge in [-0.15, -0.1) is 11.3 Å². The zero-order chi connectivity index (χ0) is 14.1. The second-order valence-corrected chi connectivity index (χ2v) is 7.90. The third-order valence-electron chi connectivity index (χ3n) is 3.00. The molecule has 0 aliphatic carbocycles. The summed E-state index contributed by atoms with van der Waals surface area (Å²) in [4.78, 5) is 4.90. The lowest BCUT2D eigenvalue weighted by Gasteiger charge is -2.09. The fourth-order valence-electron chi connectivity index (χ4n) is 1.99. The van der Waals surface area contributed by atoms with Crippen LogP contribution in [0.25, 0.3) is 10.2 Å². The van der Waals surface area contributed by atoms with Gasteiger partial charge in [0.15, 0.2) is 0 Å². The van der Waals surface area contributed by atoms with Crippen LogP contribution in [0, 0.1) is 0 Å². The molecular formula is C15H10Br2ClNS. The van der Waals surface area contributed by atoms with Gasteiger partial charge in [0.2, 0.25) is 0 Å². The van der Waals surface area contributed by atoms with E-state index in [-0.39, 0.29) is 4.83 Å². The van der Waals surface area contributed by atoms with Gasteiger partial charge in [0, 0.05) is 15.7 Å². The number of alkyl halides is 1. The maximum absolute atomic E-state index is 6.03. The number of halogens is 3. The average molecular weight is 432 g/mol. The number of aromatic nitrogens is 1. The molecule has 0 saturated heterocycles. The molecule has 0 spiro atoms. The Labute approximate surface area is 143 Å². The smallest absolute Gasteiger partial charge is 0.0953 e. The van der Waals surface area contributed by atoms with Crippen LogP contribution in [-0.4, -0.2) is 4.98 Å². The van der Waals surface area contributed by atoms with Crippen LogP contribution >= 0.6 is 54.8 Å². The Morgan fingerprint density at radius 2 is 2.00 bits per heavy atom. The van der Waals surface area contributed by atoms with Gasteiger partial charge in [-0.05, 0) is 45.8 Å². The molecule has 0 N–H and O–H groups in total. The van der Waals surface area contributed by atoms with E-state index in [1.54, 1.807) is 11.3 Å². The van der Waals surface area contributed by atoms with E-state index in [1.165, 1.54) is 10.3 Å². The minimum absolute atomic E-state index is 0.233. The van der Waals surface area contributed by atoms with Crippen molar-refractivity contribution in [2.75, 3.05) is 0 Å². The van der Waals surface area contributed by atoms with Gasteiger partial charge in [-0.3, -0.25) is 0 Å². The summed E-state index contributed by atoms with van der Waals surface area (Å²) in [5, 5.41) is 1.87. The molecule has 1 atom stereocenters. The van der Waals surface area contributed by atoms with Gasteiger partial charge < -0.3 is 0 Å². The van der Waals surface area contributed by atoms with Gasteiger partial charge in [-0.25, -0.2) is 4.98 Å². The third kappa shape index (κ3) is 3.08. The molecule has 0 amide bonds. The average Bonchev–Trinajstić information content (AvgIpc) is 2.83. The first-order valence-corrected chi connectivity index (χ1v) is 8.97. The molecule has 1 nitrogen and oxygen atoms in total. The van der Waals surface area contributed by atoms with Gasteiger partial charge in [-0.1, -0.05) is 45.7 Å². The molecule has 0 aliphatic rings. The van der Waals surface area contributed by atoms with E-state index in [0.717, 1.165) is 26.4 Å². The Balaban J connectivity index is 1.84. The predicted octanol–water partition coefficient (Wildman–Crippen LogP) is 6.39. The second kappa shape index (κ2) is 6.14. The van der Waals surface area contributed by atoms with Crippen molar-refractivity contribution < 1.29 is 0 Å². The maximum Gasteiger partial charge on any atom is 0.0953 e. The fourth-order valence-corrected chi connectivity index (χ4v) is 4.32. The maximum atomic E-state index is 6.03. The van der Waals surface area contributed by atoms with Crippen molar-refractivity contribution in [1.29, 1.82) is 0 Å². The highest BCUT2D eigenvalue weighted by molar-refractivity contribution is 9.10. The van der Waals surface area contributed by atoms with E-state index in [4.69, 9.17) is 11.6 Å². The lowest BCUT2D eigenvalue weighted by molar-refractivity contribution is 0.937. The van der Waals surface area contributed by atoms with Crippen LogP contribution in [0.15, 0.2) is 46.9 Å². The van der Waals surface area contributed by atoms with E-state index in [0.29, 0.717) is 0 Å². The molecule has 0 saturated carbocycles. The minimum atomic E-state index is 0.233. The number of benzene rings is 2. The molecule has 0 aliphatic heterocycles. The van der Waals surface area contributed by atoms with E-state index in [2.05, 4.69) is 55.0 Å². The van der Waals surface area contributed by atoms with Crippen molar-refractivity contribution >= 4 is 65.0 Å². The van der Waals surface area contributed by atoms with Crippen LogP contribution in [0.2, 0.25) is 5.02 Å². The molecule has 0 bridgehead atoms. The lowest BCUT2D eigenvalue weighted by atomic mass is 10.1. The summed E-state index contributed by atoms with van der Waals surface area (Å²) in [6.07, 6.45) is 0.868. The van der Waals surface area contributed by atoms with Crippen molar-refractivity contribution in [2.45, 2.75) is 11.2 Å². The number of hydrogen-bond acceptors (Lipinski definition) is 2. The summed E-state index contributed by atoms with van der Waals surface area (Å²) >= 11 is 15.0. The Bertz CT molecular complexity index is 723. The first kappa shape index (κ1) is 14.5. The monoisotopic (exact) mass is 429 g/mol. The molecule has 0 fully saturated rings. The van der Waals surface area contributed by atoms with E-state index >= 15 is 0 Å². The quantitative estimate of drug-likeness (QED) is 0.438. The second-order valence-electron chi connectivity index (χ2n) is 4.42. The first-order valence-electron chi connectivity index (χ1n) is 6.07. The minimum Gasteiger partial charge on any atom is -0.241 e. The number of fused-ring (bicyclic) bond motifs is 1. The van der Waals surface area contributed by atoms with Gasteiger partial charge in [0.1, 0.15) is 0 Å². The molecule has 3 rings (SSSR count). The van der Waals surface area contributed by atoms with Crippen LogP contribution in [0.4, 0.5) is 0 Å². The zero-order valence-corrected chi connectivity index (χ0v) is 15.1. The Morgan fingerprint density at radius 1 is 1.20 bits per heavy atom. The normalized spacial score (nSPS) is 12.8. The molecule has 20 heavy (non-hydrogen) atoms. The largest absolute Gasteiger partial charge is 0.241 e. The zero-order valence-electron chi connectivity index (χ0n) is 10.3. The summed E-state index contributed by atoms with van der Waals surface area (Å²) in [7, 11) is 0. The van der Waals surface area contributed by atoms with Gasteiger partial charge in [0.25, 0.3) is 0 Å². The Kier molecular flexibility index (Phi) is 4.46. The van der Waals surface area contributed by atoms with Crippen molar-refractivity contribution in [1.82, 2.24) is 4.98 Å². The van der Waals surface area contributed by atoms with E-state index < -0.39 is 0 Å². The molecule has 5 heteroatoms. The van der Waals surface area contributed by atoms with Gasteiger partial charge in [-0.2, -0.15) is 0 Å². The highest BCUT2D eigenvalue weighted by atomic mass is 79.9. The topological polar surface area (TPSA) is 12.9 Å². The van der Waals surface area contributed by atoms with Crippen LogP contribution in [0.3, 0.4) is 0 Å². The number of para-hydroxylation sites is 1. The van der Waals surface area contributed by atoms with Crippen LogP contribution in [-0.2, 0) is 6.42 Å². The predicted molar refractivity (Wildman–Crippen MR) is 94.1 cm³/mol. The standard InChI is InChI=1S/C15H10Br2ClNS/c16-10(9-5-6-12(18)11(17)7-9)8-15-19-13-3-1-2-4-14(13)20-15/h1-7,10H,8H2. The Hall–Kier alpha value is -0.420. The fraction of sp³-hybridized carbons (Fsp3) is 0.133. The molecule has 1 unspecified atom stereocenters.